The molecule has 0 saturated carbocycles. The Morgan fingerprint density at radius 1 is 1.21 bits per heavy atom. The molecule has 1 N–H and O–H groups in total. The van der Waals surface area contributed by atoms with Gasteiger partial charge in [0.25, 0.3) is 0 Å². The van der Waals surface area contributed by atoms with E-state index in [-0.39, 0.29) is 6.04 Å². The van der Waals surface area contributed by atoms with Gasteiger partial charge in [-0.25, -0.2) is 0 Å². The summed E-state index contributed by atoms with van der Waals surface area (Å²) in [6.45, 7) is 2.95. The van der Waals surface area contributed by atoms with E-state index in [4.69, 9.17) is 9.47 Å². The number of benzene rings is 2. The van der Waals surface area contributed by atoms with Crippen LogP contribution in [0.15, 0.2) is 42.6 Å². The minimum Gasteiger partial charge on any atom is -0.493 e. The van der Waals surface area contributed by atoms with Crippen LogP contribution < -0.4 is 9.47 Å². The van der Waals surface area contributed by atoms with Crippen LogP contribution in [0.2, 0.25) is 0 Å². The molecule has 1 aliphatic rings. The zero-order chi connectivity index (χ0) is 19.7. The lowest BCUT2D eigenvalue weighted by molar-refractivity contribution is -0.120. The van der Waals surface area contributed by atoms with Crippen LogP contribution in [0.5, 0.6) is 11.5 Å². The molecular formula is C23H26N2O3. The van der Waals surface area contributed by atoms with E-state index < -0.39 is 0 Å². The molecule has 28 heavy (non-hydrogen) atoms. The summed E-state index contributed by atoms with van der Waals surface area (Å²) in [5, 5.41) is 1.25. The maximum atomic E-state index is 11.8. The Morgan fingerprint density at radius 2 is 1.96 bits per heavy atom. The average molecular weight is 378 g/mol. The highest BCUT2D eigenvalue weighted by molar-refractivity contribution is 5.83. The van der Waals surface area contributed by atoms with E-state index in [0.717, 1.165) is 42.6 Å². The molecule has 0 saturated heterocycles. The average Bonchev–Trinajstić information content (AvgIpc) is 3.17. The summed E-state index contributed by atoms with van der Waals surface area (Å²) < 4.78 is 11.0. The van der Waals surface area contributed by atoms with Crippen molar-refractivity contribution < 1.29 is 14.3 Å². The molecule has 0 bridgehead atoms. The number of amides is 1. The monoisotopic (exact) mass is 378 g/mol. The Hall–Kier alpha value is -2.95. The van der Waals surface area contributed by atoms with Crippen LogP contribution in [0.3, 0.4) is 0 Å². The first-order valence-corrected chi connectivity index (χ1v) is 9.68. The van der Waals surface area contributed by atoms with Crippen molar-refractivity contribution in [3.05, 3.63) is 59.3 Å². The molecule has 0 fully saturated rings. The van der Waals surface area contributed by atoms with Crippen molar-refractivity contribution in [1.82, 2.24) is 9.88 Å². The van der Waals surface area contributed by atoms with Gasteiger partial charge in [-0.05, 0) is 53.6 Å². The van der Waals surface area contributed by atoms with Gasteiger partial charge in [-0.15, -0.1) is 0 Å². The third-order valence-corrected chi connectivity index (χ3v) is 5.91. The molecule has 1 unspecified atom stereocenters. The maximum absolute atomic E-state index is 11.8. The number of carbonyl (C=O) groups is 1. The molecule has 0 spiro atoms. The van der Waals surface area contributed by atoms with E-state index in [1.807, 2.05) is 17.0 Å². The molecule has 5 heteroatoms. The largest absolute Gasteiger partial charge is 0.493 e. The number of para-hydroxylation sites is 1. The molecule has 2 atom stereocenters. The lowest BCUT2D eigenvalue weighted by Crippen LogP contribution is -2.35. The molecule has 0 radical (unpaired) electrons. The molecule has 5 nitrogen and oxygen atoms in total. The zero-order valence-corrected chi connectivity index (χ0v) is 16.6. The summed E-state index contributed by atoms with van der Waals surface area (Å²) in [6.07, 6.45) is 4.75. The number of H-pyrrole nitrogens is 1. The smallest absolute Gasteiger partial charge is 0.210 e. The predicted molar refractivity (Wildman–Crippen MR) is 110 cm³/mol. The van der Waals surface area contributed by atoms with Crippen molar-refractivity contribution >= 4 is 17.3 Å². The predicted octanol–water partition coefficient (Wildman–Crippen LogP) is 4.43. The normalized spacial score (nSPS) is 17.2. The summed E-state index contributed by atoms with van der Waals surface area (Å²) in [6, 6.07) is 12.5. The Bertz CT molecular complexity index is 995. The zero-order valence-electron chi connectivity index (χ0n) is 16.6. The molecule has 1 aromatic heterocycles. The Balaban J connectivity index is 1.70. The fraction of sp³-hybridized carbons (Fsp3) is 0.348. The second kappa shape index (κ2) is 7.58. The van der Waals surface area contributed by atoms with Crippen LogP contribution >= 0.6 is 0 Å². The van der Waals surface area contributed by atoms with Crippen LogP contribution in [0.1, 0.15) is 42.0 Å². The number of nitrogens with one attached hydrogen (secondary N) is 1. The van der Waals surface area contributed by atoms with Gasteiger partial charge in [0.05, 0.1) is 20.3 Å². The highest BCUT2D eigenvalue weighted by atomic mass is 16.5. The standard InChI is InChI=1S/C23H26N2O3/c1-15(19-13-24-20-7-5-4-6-17(19)20)10-21-18-12-23(28-3)22(27-2)11-16(18)8-9-25(21)14-26/h4-7,11-15,21,24H,8-10H2,1-3H3/t15?,21-/m1/s1. The number of fused-ring (bicyclic) bond motifs is 2. The number of hydrogen-bond acceptors (Lipinski definition) is 3. The van der Waals surface area contributed by atoms with Crippen LogP contribution in [-0.4, -0.2) is 37.1 Å². The van der Waals surface area contributed by atoms with E-state index >= 15 is 0 Å². The van der Waals surface area contributed by atoms with Crippen molar-refractivity contribution in [2.75, 3.05) is 20.8 Å². The summed E-state index contributed by atoms with van der Waals surface area (Å²) in [5.74, 6) is 1.74. The molecule has 3 aromatic rings. The topological polar surface area (TPSA) is 54.6 Å². The van der Waals surface area contributed by atoms with Crippen LogP contribution in [0, 0.1) is 0 Å². The van der Waals surface area contributed by atoms with Gasteiger partial charge in [-0.1, -0.05) is 25.1 Å². The third-order valence-electron chi connectivity index (χ3n) is 5.91. The van der Waals surface area contributed by atoms with E-state index in [1.165, 1.54) is 16.5 Å². The van der Waals surface area contributed by atoms with Crippen molar-refractivity contribution in [1.29, 1.82) is 0 Å². The molecule has 0 aliphatic carbocycles. The number of hydrogen-bond donors (Lipinski definition) is 1. The minimum atomic E-state index is 0.0183. The first-order chi connectivity index (χ1) is 13.7. The number of carbonyl (C=O) groups excluding carboxylic acids is 1. The van der Waals surface area contributed by atoms with Crippen LogP contribution in [0.25, 0.3) is 10.9 Å². The first-order valence-electron chi connectivity index (χ1n) is 9.68. The third kappa shape index (κ3) is 3.11. The molecule has 1 amide bonds. The maximum Gasteiger partial charge on any atom is 0.210 e. The van der Waals surface area contributed by atoms with Gasteiger partial charge in [0, 0.05) is 23.6 Å². The van der Waals surface area contributed by atoms with Gasteiger partial charge >= 0.3 is 0 Å². The quantitative estimate of drug-likeness (QED) is 0.646. The lowest BCUT2D eigenvalue weighted by Gasteiger charge is -2.36. The van der Waals surface area contributed by atoms with Crippen molar-refractivity contribution in [2.24, 2.45) is 0 Å². The summed E-state index contributed by atoms with van der Waals surface area (Å²) >= 11 is 0. The molecule has 2 heterocycles. The van der Waals surface area contributed by atoms with Crippen LogP contribution in [-0.2, 0) is 11.2 Å². The second-order valence-corrected chi connectivity index (χ2v) is 7.44. The van der Waals surface area contributed by atoms with Gasteiger partial charge < -0.3 is 19.4 Å². The second-order valence-electron chi connectivity index (χ2n) is 7.44. The number of ether oxygens (including phenoxy) is 2. The van der Waals surface area contributed by atoms with Crippen molar-refractivity contribution in [3.8, 4) is 11.5 Å². The summed E-state index contributed by atoms with van der Waals surface area (Å²) in [4.78, 5) is 17.1. The molecule has 2 aromatic carbocycles. The number of aromatic nitrogens is 1. The van der Waals surface area contributed by atoms with Crippen molar-refractivity contribution in [2.45, 2.75) is 31.7 Å². The Kier molecular flexibility index (Phi) is 4.99. The SMILES string of the molecule is COc1cc2c(cc1OC)[C@@H](CC(C)c1c[nH]c3ccccc13)N(C=O)CC2. The minimum absolute atomic E-state index is 0.0183. The Labute approximate surface area is 165 Å². The molecule has 4 rings (SSSR count). The number of aromatic amines is 1. The van der Waals surface area contributed by atoms with Gasteiger partial charge in [0.1, 0.15) is 0 Å². The van der Waals surface area contributed by atoms with Gasteiger partial charge in [-0.3, -0.25) is 4.79 Å². The lowest BCUT2D eigenvalue weighted by atomic mass is 9.85. The first kappa shape index (κ1) is 18.4. The summed E-state index contributed by atoms with van der Waals surface area (Å²) in [7, 11) is 3.30. The number of nitrogens with zero attached hydrogens (tertiary/aromatic N) is 1. The number of methoxy groups -OCH3 is 2. The molecule has 146 valence electrons. The fourth-order valence-electron chi connectivity index (χ4n) is 4.40. The van der Waals surface area contributed by atoms with E-state index in [0.29, 0.717) is 11.7 Å². The fourth-order valence-corrected chi connectivity index (χ4v) is 4.40. The Morgan fingerprint density at radius 3 is 2.71 bits per heavy atom. The summed E-state index contributed by atoms with van der Waals surface area (Å²) in [5.41, 5.74) is 4.82. The van der Waals surface area contributed by atoms with Crippen molar-refractivity contribution in [3.63, 3.8) is 0 Å². The van der Waals surface area contributed by atoms with Crippen LogP contribution in [0.4, 0.5) is 0 Å². The highest BCUT2D eigenvalue weighted by Crippen LogP contribution is 2.42. The van der Waals surface area contributed by atoms with Gasteiger partial charge in [0.15, 0.2) is 11.5 Å². The van der Waals surface area contributed by atoms with Gasteiger partial charge in [-0.2, -0.15) is 0 Å². The van der Waals surface area contributed by atoms with E-state index in [9.17, 15) is 4.79 Å². The number of rotatable bonds is 6. The van der Waals surface area contributed by atoms with Gasteiger partial charge in [0.2, 0.25) is 6.41 Å². The van der Waals surface area contributed by atoms with E-state index in [2.05, 4.69) is 42.4 Å². The molecule has 1 aliphatic heterocycles. The van der Waals surface area contributed by atoms with E-state index in [1.54, 1.807) is 14.2 Å². The molecular weight excluding hydrogens is 352 g/mol. The highest BCUT2D eigenvalue weighted by Gasteiger charge is 2.30.